The second-order valence-electron chi connectivity index (χ2n) is 7.20. The van der Waals surface area contributed by atoms with Crippen molar-refractivity contribution in [1.82, 2.24) is 9.88 Å². The van der Waals surface area contributed by atoms with Gasteiger partial charge in [0.1, 0.15) is 6.04 Å². The van der Waals surface area contributed by atoms with Crippen LogP contribution in [0.5, 0.6) is 0 Å². The molecule has 1 unspecified atom stereocenters. The Kier molecular flexibility index (Phi) is 5.27. The lowest BCUT2D eigenvalue weighted by Gasteiger charge is -2.40. The van der Waals surface area contributed by atoms with E-state index in [0.29, 0.717) is 6.42 Å². The van der Waals surface area contributed by atoms with E-state index in [0.717, 1.165) is 27.7 Å². The lowest BCUT2D eigenvalue weighted by molar-refractivity contribution is -0.159. The van der Waals surface area contributed by atoms with E-state index in [1.165, 1.54) is 18.9 Å². The normalized spacial score (nSPS) is 18.0. The highest BCUT2D eigenvalue weighted by Crippen LogP contribution is 2.41. The Hall–Kier alpha value is -3.61. The molecule has 0 aliphatic carbocycles. The van der Waals surface area contributed by atoms with Gasteiger partial charge in [0.05, 0.1) is 13.2 Å². The number of nitrogens with one attached hydrogen (secondary N) is 1. The molecule has 0 saturated carbocycles. The van der Waals surface area contributed by atoms with Gasteiger partial charge in [-0.25, -0.2) is 4.79 Å². The van der Waals surface area contributed by atoms with Crippen LogP contribution in [-0.2, 0) is 30.3 Å². The molecule has 2 heterocycles. The van der Waals surface area contributed by atoms with Crippen molar-refractivity contribution in [3.05, 3.63) is 71.4 Å². The number of hydrogen-bond acceptors (Lipinski definition) is 5. The fourth-order valence-electron chi connectivity index (χ4n) is 4.14. The molecule has 154 valence electrons. The standard InChI is InChI=1S/C23H22N2O5/c1-14(26)30-13-20(27)25-19(23(28)29-2)12-17-16-10-6-7-11-18(16)24-21(17)22(25)15-8-4-3-5-9-15/h3-11,19,22,24H,12-13H2,1-2H3/t19-,22?/m0/s1. The molecule has 0 fully saturated rings. The number of amides is 1. The maximum Gasteiger partial charge on any atom is 0.328 e. The van der Waals surface area contributed by atoms with Crippen LogP contribution in [0.2, 0.25) is 0 Å². The van der Waals surface area contributed by atoms with Crippen molar-refractivity contribution in [2.24, 2.45) is 0 Å². The minimum absolute atomic E-state index is 0.307. The zero-order valence-corrected chi connectivity index (χ0v) is 16.8. The summed E-state index contributed by atoms with van der Waals surface area (Å²) in [6.45, 7) is 0.799. The van der Waals surface area contributed by atoms with E-state index in [4.69, 9.17) is 9.47 Å². The van der Waals surface area contributed by atoms with Crippen molar-refractivity contribution < 1.29 is 23.9 Å². The number of nitrogens with zero attached hydrogens (tertiary/aromatic N) is 1. The predicted octanol–water partition coefficient (Wildman–Crippen LogP) is 2.75. The summed E-state index contributed by atoms with van der Waals surface area (Å²) >= 11 is 0. The van der Waals surface area contributed by atoms with Crippen LogP contribution >= 0.6 is 0 Å². The molecule has 2 aromatic carbocycles. The van der Waals surface area contributed by atoms with Gasteiger partial charge >= 0.3 is 11.9 Å². The smallest absolute Gasteiger partial charge is 0.328 e. The highest BCUT2D eigenvalue weighted by molar-refractivity contribution is 5.91. The van der Waals surface area contributed by atoms with Crippen LogP contribution in [0.4, 0.5) is 0 Å². The third kappa shape index (κ3) is 3.43. The van der Waals surface area contributed by atoms with Gasteiger partial charge in [-0.05, 0) is 17.2 Å². The first kappa shape index (κ1) is 19.7. The summed E-state index contributed by atoms with van der Waals surface area (Å²) in [7, 11) is 1.30. The highest BCUT2D eigenvalue weighted by atomic mass is 16.5. The van der Waals surface area contributed by atoms with Crippen LogP contribution in [0.3, 0.4) is 0 Å². The second-order valence-corrected chi connectivity index (χ2v) is 7.20. The number of methoxy groups -OCH3 is 1. The third-order valence-corrected chi connectivity index (χ3v) is 5.41. The van der Waals surface area contributed by atoms with Gasteiger partial charge in [-0.15, -0.1) is 0 Å². The van der Waals surface area contributed by atoms with Crippen molar-refractivity contribution >= 4 is 28.7 Å². The fourth-order valence-corrected chi connectivity index (χ4v) is 4.14. The third-order valence-electron chi connectivity index (χ3n) is 5.41. The number of aromatic nitrogens is 1. The van der Waals surface area contributed by atoms with Crippen LogP contribution in [0.1, 0.15) is 29.8 Å². The van der Waals surface area contributed by atoms with E-state index in [1.807, 2.05) is 54.6 Å². The Labute approximate surface area is 173 Å². The number of aromatic amines is 1. The zero-order chi connectivity index (χ0) is 21.3. The average molecular weight is 406 g/mol. The molecule has 2 atom stereocenters. The van der Waals surface area contributed by atoms with E-state index in [2.05, 4.69) is 4.98 Å². The van der Waals surface area contributed by atoms with Gasteiger partial charge in [-0.3, -0.25) is 9.59 Å². The van der Waals surface area contributed by atoms with E-state index in [9.17, 15) is 14.4 Å². The number of para-hydroxylation sites is 1. The molecule has 7 nitrogen and oxygen atoms in total. The first-order chi connectivity index (χ1) is 14.5. The molecular weight excluding hydrogens is 384 g/mol. The maximum absolute atomic E-state index is 13.2. The summed E-state index contributed by atoms with van der Waals surface area (Å²) in [6, 6.07) is 15.9. The number of benzene rings is 2. The zero-order valence-electron chi connectivity index (χ0n) is 16.8. The Bertz CT molecular complexity index is 1110. The first-order valence-electron chi connectivity index (χ1n) is 9.68. The van der Waals surface area contributed by atoms with Gasteiger partial charge in [0, 0.05) is 29.9 Å². The fraction of sp³-hybridized carbons (Fsp3) is 0.261. The van der Waals surface area contributed by atoms with Crippen molar-refractivity contribution in [2.75, 3.05) is 13.7 Å². The van der Waals surface area contributed by atoms with Crippen molar-refractivity contribution in [2.45, 2.75) is 25.4 Å². The Morgan fingerprint density at radius 1 is 1.07 bits per heavy atom. The van der Waals surface area contributed by atoms with Crippen LogP contribution < -0.4 is 0 Å². The van der Waals surface area contributed by atoms with Crippen LogP contribution in [-0.4, -0.2) is 47.5 Å². The van der Waals surface area contributed by atoms with Crippen LogP contribution in [0.25, 0.3) is 10.9 Å². The number of fused-ring (bicyclic) bond motifs is 3. The number of rotatable bonds is 4. The number of ether oxygens (including phenoxy) is 2. The summed E-state index contributed by atoms with van der Waals surface area (Å²) in [5, 5.41) is 1.01. The summed E-state index contributed by atoms with van der Waals surface area (Å²) < 4.78 is 9.99. The average Bonchev–Trinajstić information content (AvgIpc) is 3.14. The molecule has 1 aliphatic rings. The SMILES string of the molecule is COC(=O)[C@@H]1Cc2c([nH]c3ccccc23)C(c2ccccc2)N1C(=O)COC(C)=O. The second kappa shape index (κ2) is 8.02. The molecule has 3 aromatic rings. The number of hydrogen-bond donors (Lipinski definition) is 1. The van der Waals surface area contributed by atoms with Crippen LogP contribution in [0, 0.1) is 0 Å². The molecule has 30 heavy (non-hydrogen) atoms. The summed E-state index contributed by atoms with van der Waals surface area (Å²) in [4.78, 5) is 42.1. The van der Waals surface area contributed by atoms with E-state index >= 15 is 0 Å². The topological polar surface area (TPSA) is 88.7 Å². The maximum atomic E-state index is 13.2. The lowest BCUT2D eigenvalue weighted by atomic mass is 9.88. The highest BCUT2D eigenvalue weighted by Gasteiger charge is 2.44. The van der Waals surface area contributed by atoms with E-state index in [-0.39, 0.29) is 0 Å². The van der Waals surface area contributed by atoms with Crippen molar-refractivity contribution in [1.29, 1.82) is 0 Å². The molecule has 1 N–H and O–H groups in total. The molecule has 1 amide bonds. The van der Waals surface area contributed by atoms with Gasteiger partial charge < -0.3 is 19.4 Å². The van der Waals surface area contributed by atoms with E-state index in [1.54, 1.807) is 0 Å². The van der Waals surface area contributed by atoms with Gasteiger partial charge in [-0.2, -0.15) is 0 Å². The summed E-state index contributed by atoms with van der Waals surface area (Å²) in [5.41, 5.74) is 3.60. The lowest BCUT2D eigenvalue weighted by Crippen LogP contribution is -2.53. The van der Waals surface area contributed by atoms with Crippen LogP contribution in [0.15, 0.2) is 54.6 Å². The molecule has 0 bridgehead atoms. The molecule has 4 rings (SSSR count). The summed E-state index contributed by atoms with van der Waals surface area (Å²) in [6.07, 6.45) is 0.307. The number of carbonyl (C=O) groups excluding carboxylic acids is 3. The number of esters is 2. The molecule has 1 aromatic heterocycles. The number of carbonyl (C=O) groups is 3. The minimum atomic E-state index is -0.838. The largest absolute Gasteiger partial charge is 0.467 e. The van der Waals surface area contributed by atoms with Crippen molar-refractivity contribution in [3.8, 4) is 0 Å². The Morgan fingerprint density at radius 2 is 1.77 bits per heavy atom. The Morgan fingerprint density at radius 3 is 2.47 bits per heavy atom. The van der Waals surface area contributed by atoms with E-state index < -0.39 is 36.5 Å². The quantitative estimate of drug-likeness (QED) is 0.673. The monoisotopic (exact) mass is 406 g/mol. The molecular formula is C23H22N2O5. The molecule has 0 radical (unpaired) electrons. The summed E-state index contributed by atoms with van der Waals surface area (Å²) in [5.74, 6) is -1.53. The van der Waals surface area contributed by atoms with Gasteiger partial charge in [-0.1, -0.05) is 48.5 Å². The predicted molar refractivity (Wildman–Crippen MR) is 110 cm³/mol. The molecule has 0 saturated heterocycles. The van der Waals surface area contributed by atoms with Gasteiger partial charge in [0.25, 0.3) is 5.91 Å². The molecule has 7 heteroatoms. The Balaban J connectivity index is 1.90. The van der Waals surface area contributed by atoms with Crippen molar-refractivity contribution in [3.63, 3.8) is 0 Å². The van der Waals surface area contributed by atoms with Gasteiger partial charge in [0.2, 0.25) is 0 Å². The minimum Gasteiger partial charge on any atom is -0.467 e. The number of H-pyrrole nitrogens is 1. The first-order valence-corrected chi connectivity index (χ1v) is 9.68. The molecule has 0 spiro atoms. The van der Waals surface area contributed by atoms with Gasteiger partial charge in [0.15, 0.2) is 6.61 Å². The molecule has 1 aliphatic heterocycles.